The molecule has 4 nitrogen and oxygen atoms in total. The third kappa shape index (κ3) is 1.74. The number of fused-ring (bicyclic) bond motifs is 2. The van der Waals surface area contributed by atoms with Crippen LogP contribution in [0.2, 0.25) is 0 Å². The predicted molar refractivity (Wildman–Crippen MR) is 63.2 cm³/mol. The number of likely N-dealkylation sites (tertiary alicyclic amines) is 1. The fourth-order valence-electron chi connectivity index (χ4n) is 3.81. The molecule has 0 N–H and O–H groups in total. The zero-order valence-electron chi connectivity index (χ0n) is 10.4. The molecule has 1 amide bonds. The quantitative estimate of drug-likeness (QED) is 0.655. The number of carboxylic acids is 1. The molecule has 0 aromatic carbocycles. The van der Waals surface area contributed by atoms with Crippen molar-refractivity contribution in [3.05, 3.63) is 12.2 Å². The standard InChI is InChI=1S/C14H19NO3/c16-13(15-6-2-1-3-7-15)11-9-4-5-10(8-9)12(11)14(17)18/h4-5,9-12H,1-3,6-8H2,(H,17,18)/p-1/t9-,10+,11+,12+/m0/s1. The lowest BCUT2D eigenvalue weighted by molar-refractivity contribution is -0.313. The zero-order valence-corrected chi connectivity index (χ0v) is 10.4. The highest BCUT2D eigenvalue weighted by molar-refractivity contribution is 5.86. The monoisotopic (exact) mass is 248 g/mol. The van der Waals surface area contributed by atoms with Crippen LogP contribution < -0.4 is 5.11 Å². The third-order valence-corrected chi connectivity index (χ3v) is 4.68. The molecule has 1 aliphatic heterocycles. The van der Waals surface area contributed by atoms with Crippen molar-refractivity contribution in [3.63, 3.8) is 0 Å². The molecule has 0 unspecified atom stereocenters. The molecule has 1 saturated carbocycles. The topological polar surface area (TPSA) is 60.4 Å². The van der Waals surface area contributed by atoms with Crippen molar-refractivity contribution in [1.29, 1.82) is 0 Å². The van der Waals surface area contributed by atoms with Crippen molar-refractivity contribution in [2.24, 2.45) is 23.7 Å². The maximum atomic E-state index is 12.5. The molecule has 0 spiro atoms. The molecule has 3 aliphatic rings. The van der Waals surface area contributed by atoms with Crippen LogP contribution in [0.1, 0.15) is 25.7 Å². The van der Waals surface area contributed by atoms with Crippen LogP contribution in [-0.2, 0) is 9.59 Å². The Morgan fingerprint density at radius 2 is 1.61 bits per heavy atom. The molecule has 2 aliphatic carbocycles. The number of piperidine rings is 1. The number of carboxylic acid groups (broad SMARTS) is 1. The minimum atomic E-state index is -1.05. The maximum absolute atomic E-state index is 12.5. The van der Waals surface area contributed by atoms with E-state index in [1.54, 1.807) is 0 Å². The van der Waals surface area contributed by atoms with Crippen LogP contribution in [0, 0.1) is 23.7 Å². The van der Waals surface area contributed by atoms with Crippen molar-refractivity contribution in [2.75, 3.05) is 13.1 Å². The Labute approximate surface area is 107 Å². The molecule has 4 atom stereocenters. The number of allylic oxidation sites excluding steroid dienone is 2. The lowest BCUT2D eigenvalue weighted by Gasteiger charge is -2.34. The first-order valence-corrected chi connectivity index (χ1v) is 6.86. The first-order valence-electron chi connectivity index (χ1n) is 6.86. The number of rotatable bonds is 2. The van der Waals surface area contributed by atoms with Gasteiger partial charge >= 0.3 is 0 Å². The predicted octanol–water partition coefficient (Wildman–Crippen LogP) is 0.187. The van der Waals surface area contributed by atoms with E-state index in [2.05, 4.69) is 0 Å². The van der Waals surface area contributed by atoms with E-state index < -0.39 is 11.9 Å². The van der Waals surface area contributed by atoms with E-state index in [9.17, 15) is 14.7 Å². The summed E-state index contributed by atoms with van der Waals surface area (Å²) in [5.74, 6) is -1.86. The summed E-state index contributed by atoms with van der Waals surface area (Å²) in [6.45, 7) is 1.58. The number of hydrogen-bond acceptors (Lipinski definition) is 3. The van der Waals surface area contributed by atoms with E-state index in [0.717, 1.165) is 32.4 Å². The molecule has 2 bridgehead atoms. The Kier molecular flexibility index (Phi) is 2.88. The molecular weight excluding hydrogens is 230 g/mol. The van der Waals surface area contributed by atoms with E-state index >= 15 is 0 Å². The number of hydrogen-bond donors (Lipinski definition) is 0. The summed E-state index contributed by atoms with van der Waals surface area (Å²) in [7, 11) is 0. The van der Waals surface area contributed by atoms with Gasteiger partial charge in [0.25, 0.3) is 0 Å². The Morgan fingerprint density at radius 1 is 1.00 bits per heavy atom. The minimum Gasteiger partial charge on any atom is -0.550 e. The summed E-state index contributed by atoms with van der Waals surface area (Å²) in [4.78, 5) is 25.6. The highest BCUT2D eigenvalue weighted by Gasteiger charge is 2.49. The lowest BCUT2D eigenvalue weighted by Crippen LogP contribution is -2.47. The molecule has 0 radical (unpaired) electrons. The van der Waals surface area contributed by atoms with Gasteiger partial charge in [-0.1, -0.05) is 12.2 Å². The summed E-state index contributed by atoms with van der Waals surface area (Å²) in [6.07, 6.45) is 8.03. The molecule has 98 valence electrons. The second-order valence-corrected chi connectivity index (χ2v) is 5.70. The Balaban J connectivity index is 1.79. The summed E-state index contributed by atoms with van der Waals surface area (Å²) >= 11 is 0. The molecule has 1 saturated heterocycles. The Bertz CT molecular complexity index is 398. The fourth-order valence-corrected chi connectivity index (χ4v) is 3.81. The molecule has 0 aromatic heterocycles. The van der Waals surface area contributed by atoms with Gasteiger partial charge in [0.15, 0.2) is 0 Å². The highest BCUT2D eigenvalue weighted by Crippen LogP contribution is 2.48. The van der Waals surface area contributed by atoms with Gasteiger partial charge < -0.3 is 14.8 Å². The molecule has 2 fully saturated rings. The van der Waals surface area contributed by atoms with E-state index in [0.29, 0.717) is 0 Å². The van der Waals surface area contributed by atoms with Crippen molar-refractivity contribution in [1.82, 2.24) is 4.90 Å². The van der Waals surface area contributed by atoms with Crippen LogP contribution in [0.25, 0.3) is 0 Å². The van der Waals surface area contributed by atoms with E-state index in [1.807, 2.05) is 17.1 Å². The van der Waals surface area contributed by atoms with Gasteiger partial charge in [-0.05, 0) is 37.5 Å². The van der Waals surface area contributed by atoms with Gasteiger partial charge in [0.05, 0.1) is 5.92 Å². The summed E-state index contributed by atoms with van der Waals surface area (Å²) in [5, 5.41) is 11.3. The van der Waals surface area contributed by atoms with Crippen molar-refractivity contribution < 1.29 is 14.7 Å². The summed E-state index contributed by atoms with van der Waals surface area (Å²) in [6, 6.07) is 0. The molecular formula is C14H18NO3-. The number of amides is 1. The van der Waals surface area contributed by atoms with Gasteiger partial charge in [0, 0.05) is 25.0 Å². The van der Waals surface area contributed by atoms with Gasteiger partial charge in [0.1, 0.15) is 0 Å². The van der Waals surface area contributed by atoms with Crippen molar-refractivity contribution in [3.8, 4) is 0 Å². The SMILES string of the molecule is O=C([O-])[C@H]1[C@H](C(=O)N2CCCCC2)[C@H]2C=C[C@@H]1C2. The van der Waals surface area contributed by atoms with Crippen molar-refractivity contribution >= 4 is 11.9 Å². The average Bonchev–Trinajstić information content (AvgIpc) is 2.99. The Morgan fingerprint density at radius 3 is 2.22 bits per heavy atom. The number of aliphatic carboxylic acids is 1. The van der Waals surface area contributed by atoms with Gasteiger partial charge in [-0.15, -0.1) is 0 Å². The summed E-state index contributed by atoms with van der Waals surface area (Å²) in [5.41, 5.74) is 0. The fraction of sp³-hybridized carbons (Fsp3) is 0.714. The lowest BCUT2D eigenvalue weighted by atomic mass is 9.82. The molecule has 0 aromatic rings. The average molecular weight is 248 g/mol. The second kappa shape index (κ2) is 4.41. The largest absolute Gasteiger partial charge is 0.550 e. The van der Waals surface area contributed by atoms with Crippen LogP contribution in [0.3, 0.4) is 0 Å². The zero-order chi connectivity index (χ0) is 12.7. The molecule has 3 rings (SSSR count). The van der Waals surface area contributed by atoms with Crippen LogP contribution in [0.5, 0.6) is 0 Å². The molecule has 4 heteroatoms. The first-order chi connectivity index (χ1) is 8.68. The number of carbonyl (C=O) groups is 2. The Hall–Kier alpha value is -1.32. The molecule has 18 heavy (non-hydrogen) atoms. The van der Waals surface area contributed by atoms with E-state index in [4.69, 9.17) is 0 Å². The van der Waals surface area contributed by atoms with Crippen LogP contribution in [0.15, 0.2) is 12.2 Å². The second-order valence-electron chi connectivity index (χ2n) is 5.70. The van der Waals surface area contributed by atoms with Crippen LogP contribution >= 0.6 is 0 Å². The van der Waals surface area contributed by atoms with Gasteiger partial charge in [-0.2, -0.15) is 0 Å². The molecule has 1 heterocycles. The van der Waals surface area contributed by atoms with Gasteiger partial charge in [0.2, 0.25) is 5.91 Å². The smallest absolute Gasteiger partial charge is 0.226 e. The normalized spacial score (nSPS) is 38.1. The van der Waals surface area contributed by atoms with E-state index in [1.165, 1.54) is 6.42 Å². The number of carbonyl (C=O) groups excluding carboxylic acids is 2. The van der Waals surface area contributed by atoms with Gasteiger partial charge in [-0.25, -0.2) is 0 Å². The first kappa shape index (κ1) is 11.8. The maximum Gasteiger partial charge on any atom is 0.226 e. The van der Waals surface area contributed by atoms with Crippen molar-refractivity contribution in [2.45, 2.75) is 25.7 Å². The van der Waals surface area contributed by atoms with E-state index in [-0.39, 0.29) is 23.7 Å². The summed E-state index contributed by atoms with van der Waals surface area (Å²) < 4.78 is 0. The van der Waals surface area contributed by atoms with Crippen LogP contribution in [-0.4, -0.2) is 29.9 Å². The third-order valence-electron chi connectivity index (χ3n) is 4.68. The number of nitrogens with zero attached hydrogens (tertiary/aromatic N) is 1. The highest BCUT2D eigenvalue weighted by atomic mass is 16.4. The van der Waals surface area contributed by atoms with Crippen LogP contribution in [0.4, 0.5) is 0 Å². The van der Waals surface area contributed by atoms with Gasteiger partial charge in [-0.3, -0.25) is 4.79 Å². The minimum absolute atomic E-state index is 0.0127.